The number of nitrogens with one attached hydrogen (secondary N) is 3. The molecule has 1 aliphatic carbocycles. The second-order valence-corrected chi connectivity index (χ2v) is 7.79. The second-order valence-electron chi connectivity index (χ2n) is 7.79. The van der Waals surface area contributed by atoms with Crippen molar-refractivity contribution in [1.82, 2.24) is 5.32 Å². The minimum Gasteiger partial charge on any atom is -0.491 e. The van der Waals surface area contributed by atoms with Crippen LogP contribution in [0.1, 0.15) is 26.2 Å². The van der Waals surface area contributed by atoms with Gasteiger partial charge in [0.1, 0.15) is 30.4 Å². The van der Waals surface area contributed by atoms with Crippen LogP contribution in [0.15, 0.2) is 41.4 Å². The molecule has 0 spiro atoms. The lowest BCUT2D eigenvalue weighted by Crippen LogP contribution is -2.31. The average Bonchev–Trinajstić information content (AvgIpc) is 3.58. The Morgan fingerprint density at radius 2 is 1.79 bits per heavy atom. The van der Waals surface area contributed by atoms with Crippen molar-refractivity contribution in [2.45, 2.75) is 32.2 Å². The van der Waals surface area contributed by atoms with Crippen molar-refractivity contribution in [3.8, 4) is 5.75 Å². The fraction of sp³-hybridized carbons (Fsp3) is 0.320. The number of nitrogens with zero attached hydrogens (tertiary/aromatic N) is 1. The van der Waals surface area contributed by atoms with Crippen molar-refractivity contribution in [3.05, 3.63) is 52.7 Å². The van der Waals surface area contributed by atoms with Crippen molar-refractivity contribution in [1.29, 1.82) is 0 Å². The van der Waals surface area contributed by atoms with Crippen LogP contribution < -0.4 is 31.1 Å². The van der Waals surface area contributed by atoms with Gasteiger partial charge in [-0.15, -0.1) is 0 Å². The molecule has 2 aromatic rings. The molecule has 1 saturated carbocycles. The highest BCUT2D eigenvalue weighted by molar-refractivity contribution is 6.03. The number of halogens is 1. The summed E-state index contributed by atoms with van der Waals surface area (Å²) >= 11 is 0. The number of carbonyl (C=O) groups is 2. The molecule has 0 radical (unpaired) electrons. The zero-order valence-electron chi connectivity index (χ0n) is 19.3. The van der Waals surface area contributed by atoms with Crippen molar-refractivity contribution in [2.75, 3.05) is 31.0 Å². The lowest BCUT2D eigenvalue weighted by atomic mass is 10.2. The molecule has 0 atom stereocenters. The molecule has 0 aromatic heterocycles. The van der Waals surface area contributed by atoms with E-state index in [9.17, 15) is 14.0 Å². The highest BCUT2D eigenvalue weighted by Gasteiger charge is 2.24. The summed E-state index contributed by atoms with van der Waals surface area (Å²) in [6.07, 6.45) is 3.26. The quantitative estimate of drug-likeness (QED) is 0.267. The number of carbonyl (C=O) groups excluding carboxylic acids is 2. The Labute approximate surface area is 197 Å². The van der Waals surface area contributed by atoms with Crippen LogP contribution in [0.4, 0.5) is 15.8 Å². The predicted octanol–water partition coefficient (Wildman–Crippen LogP) is 2.14. The van der Waals surface area contributed by atoms with Gasteiger partial charge in [0.15, 0.2) is 0 Å². The van der Waals surface area contributed by atoms with Crippen LogP contribution in [0.5, 0.6) is 5.75 Å². The Balaban J connectivity index is 1.72. The van der Waals surface area contributed by atoms with Gasteiger partial charge in [-0.05, 0) is 55.3 Å². The van der Waals surface area contributed by atoms with E-state index in [-0.39, 0.29) is 29.4 Å². The van der Waals surface area contributed by atoms with Gasteiger partial charge >= 0.3 is 0 Å². The van der Waals surface area contributed by atoms with Crippen LogP contribution >= 0.6 is 0 Å². The molecule has 0 aliphatic heterocycles. The maximum Gasteiger partial charge on any atom is 0.233 e. The summed E-state index contributed by atoms with van der Waals surface area (Å²) in [5, 5.41) is 9.19. The molecule has 3 rings (SSSR count). The molecule has 3 N–H and O–H groups in total. The summed E-state index contributed by atoms with van der Waals surface area (Å²) in [6.45, 7) is 6.35. The molecule has 0 heterocycles. The molecule has 0 bridgehead atoms. The SMILES string of the molecule is C=c1cc(OCCOC)cc(F)/c1=C(/N=C\C)Nc1ccc(NC(=O)CC(=O)NC2CC2)cc1. The topological polar surface area (TPSA) is 101 Å². The first-order valence-corrected chi connectivity index (χ1v) is 11.0. The molecule has 180 valence electrons. The number of hydrogen-bond acceptors (Lipinski definition) is 6. The molecule has 1 fully saturated rings. The Bertz CT molecular complexity index is 1160. The van der Waals surface area contributed by atoms with Crippen LogP contribution in [-0.4, -0.2) is 44.4 Å². The molecular weight excluding hydrogens is 439 g/mol. The molecular formula is C25H29FN4O4. The van der Waals surface area contributed by atoms with Gasteiger partial charge in [-0.3, -0.25) is 9.59 Å². The molecule has 34 heavy (non-hydrogen) atoms. The third-order valence-electron chi connectivity index (χ3n) is 4.89. The fourth-order valence-corrected chi connectivity index (χ4v) is 3.15. The number of ether oxygens (including phenoxy) is 2. The van der Waals surface area contributed by atoms with Crippen LogP contribution in [0.25, 0.3) is 12.4 Å². The second kappa shape index (κ2) is 11.9. The minimum atomic E-state index is -0.527. The first kappa shape index (κ1) is 24.9. The van der Waals surface area contributed by atoms with Crippen molar-refractivity contribution < 1.29 is 23.5 Å². The van der Waals surface area contributed by atoms with Gasteiger partial charge < -0.3 is 25.4 Å². The minimum absolute atomic E-state index is 0.213. The monoisotopic (exact) mass is 468 g/mol. The Hall–Kier alpha value is -3.72. The normalized spacial score (nSPS) is 14.0. The van der Waals surface area contributed by atoms with E-state index < -0.39 is 11.7 Å². The van der Waals surface area contributed by atoms with Gasteiger partial charge in [-0.2, -0.15) is 0 Å². The third-order valence-corrected chi connectivity index (χ3v) is 4.89. The Morgan fingerprint density at radius 1 is 1.12 bits per heavy atom. The number of benzene rings is 2. The maximum absolute atomic E-state index is 14.9. The summed E-state index contributed by atoms with van der Waals surface area (Å²) in [7, 11) is 1.56. The van der Waals surface area contributed by atoms with Gasteiger partial charge in [0.05, 0.1) is 11.8 Å². The summed E-state index contributed by atoms with van der Waals surface area (Å²) in [5.41, 5.74) is 1.17. The van der Waals surface area contributed by atoms with Gasteiger partial charge in [0.2, 0.25) is 11.8 Å². The van der Waals surface area contributed by atoms with E-state index in [0.29, 0.717) is 35.6 Å². The smallest absolute Gasteiger partial charge is 0.233 e. The van der Waals surface area contributed by atoms with E-state index >= 15 is 0 Å². The lowest BCUT2D eigenvalue weighted by molar-refractivity contribution is -0.126. The van der Waals surface area contributed by atoms with Crippen LogP contribution in [0.3, 0.4) is 0 Å². The van der Waals surface area contributed by atoms with Gasteiger partial charge in [0, 0.05) is 36.8 Å². The molecule has 9 heteroatoms. The van der Waals surface area contributed by atoms with E-state index in [1.807, 2.05) is 0 Å². The zero-order valence-corrected chi connectivity index (χ0v) is 19.3. The number of aliphatic imine (C=N–C) groups is 1. The molecule has 0 unspecified atom stereocenters. The van der Waals surface area contributed by atoms with E-state index in [1.54, 1.807) is 50.6 Å². The molecule has 8 nitrogen and oxygen atoms in total. The molecule has 0 saturated heterocycles. The predicted molar refractivity (Wildman–Crippen MR) is 131 cm³/mol. The lowest BCUT2D eigenvalue weighted by Gasteiger charge is -2.11. The maximum atomic E-state index is 14.9. The van der Waals surface area contributed by atoms with E-state index in [0.717, 1.165) is 12.8 Å². The van der Waals surface area contributed by atoms with Crippen molar-refractivity contribution in [3.63, 3.8) is 0 Å². The molecule has 1 aliphatic rings. The van der Waals surface area contributed by atoms with Crippen LogP contribution in [0.2, 0.25) is 0 Å². The van der Waals surface area contributed by atoms with Crippen LogP contribution in [0, 0.1) is 5.82 Å². The standard InChI is InChI=1S/C25H29FN4O4/c1-4-27-25(24-16(2)13-20(14-21(24)26)34-12-11-33-3)30-19-9-7-18(8-10-19)29-23(32)15-22(31)28-17-5-6-17/h4,7-10,13-14,17,30H,2,5-6,11-12,15H2,1,3H3,(H,28,31)(H,29,32)/b25-24-,27-4-. The summed E-state index contributed by atoms with van der Waals surface area (Å²) in [4.78, 5) is 28.1. The van der Waals surface area contributed by atoms with Gasteiger partial charge in [-0.25, -0.2) is 9.38 Å². The number of rotatable bonds is 11. The van der Waals surface area contributed by atoms with Crippen LogP contribution in [-0.2, 0) is 14.3 Å². The highest BCUT2D eigenvalue weighted by Crippen LogP contribution is 2.19. The molecule has 2 aromatic carbocycles. The van der Waals surface area contributed by atoms with Gasteiger partial charge in [0.25, 0.3) is 0 Å². The number of anilines is 2. The van der Waals surface area contributed by atoms with Crippen molar-refractivity contribution >= 4 is 41.8 Å². The zero-order chi connectivity index (χ0) is 24.5. The Morgan fingerprint density at radius 3 is 2.38 bits per heavy atom. The number of hydrogen-bond donors (Lipinski definition) is 3. The highest BCUT2D eigenvalue weighted by atomic mass is 19.1. The van der Waals surface area contributed by atoms with Crippen molar-refractivity contribution in [2.24, 2.45) is 4.99 Å². The van der Waals surface area contributed by atoms with E-state index in [4.69, 9.17) is 9.47 Å². The fourth-order valence-electron chi connectivity index (χ4n) is 3.15. The average molecular weight is 469 g/mol. The number of methoxy groups -OCH3 is 1. The summed E-state index contributed by atoms with van der Waals surface area (Å²) < 4.78 is 25.3. The first-order chi connectivity index (χ1) is 16.4. The largest absolute Gasteiger partial charge is 0.491 e. The van der Waals surface area contributed by atoms with Gasteiger partial charge in [-0.1, -0.05) is 6.58 Å². The first-order valence-electron chi connectivity index (χ1n) is 11.0. The van der Waals surface area contributed by atoms with E-state index in [2.05, 4.69) is 27.5 Å². The number of amides is 2. The Kier molecular flexibility index (Phi) is 8.75. The summed E-state index contributed by atoms with van der Waals surface area (Å²) in [6, 6.07) is 9.93. The third kappa shape index (κ3) is 7.41. The van der Waals surface area contributed by atoms with E-state index in [1.165, 1.54) is 6.07 Å². The molecule has 2 amide bonds. The summed E-state index contributed by atoms with van der Waals surface area (Å²) in [5.74, 6) is -0.563.